The molecule has 4 nitrogen and oxygen atoms in total. The third-order valence-corrected chi connectivity index (χ3v) is 6.45. The van der Waals surface area contributed by atoms with E-state index in [1.54, 1.807) is 39.9 Å². The van der Waals surface area contributed by atoms with Crippen LogP contribution in [0.4, 0.5) is 0 Å². The molecule has 0 fully saturated rings. The van der Waals surface area contributed by atoms with E-state index in [1.165, 1.54) is 4.88 Å². The molecule has 0 aliphatic carbocycles. The van der Waals surface area contributed by atoms with Gasteiger partial charge in [-0.05, 0) is 41.1 Å². The van der Waals surface area contributed by atoms with Crippen LogP contribution in [0.25, 0.3) is 0 Å². The van der Waals surface area contributed by atoms with Crippen molar-refractivity contribution >= 4 is 21.4 Å². The Balaban J connectivity index is 1.88. The van der Waals surface area contributed by atoms with Crippen molar-refractivity contribution in [3.05, 3.63) is 51.7 Å². The van der Waals surface area contributed by atoms with Gasteiger partial charge in [-0.25, -0.2) is 8.42 Å². The van der Waals surface area contributed by atoms with Gasteiger partial charge in [0, 0.05) is 24.5 Å². The van der Waals surface area contributed by atoms with Crippen LogP contribution in [0.2, 0.25) is 0 Å². The number of rotatable bonds is 3. The molecule has 0 radical (unpaired) electrons. The molecule has 3 rings (SSSR count). The van der Waals surface area contributed by atoms with Gasteiger partial charge in [-0.2, -0.15) is 4.31 Å². The first kappa shape index (κ1) is 13.8. The van der Waals surface area contributed by atoms with Crippen molar-refractivity contribution in [1.29, 1.82) is 0 Å². The highest BCUT2D eigenvalue weighted by molar-refractivity contribution is 7.89. The lowest BCUT2D eigenvalue weighted by Gasteiger charge is -2.26. The average molecular weight is 308 g/mol. The highest BCUT2D eigenvalue weighted by atomic mass is 32.2. The second-order valence-electron chi connectivity index (χ2n) is 4.81. The van der Waals surface area contributed by atoms with Gasteiger partial charge in [-0.1, -0.05) is 12.1 Å². The molecule has 1 aliphatic rings. The van der Waals surface area contributed by atoms with E-state index in [0.717, 1.165) is 17.5 Å². The van der Waals surface area contributed by atoms with Crippen LogP contribution in [0.3, 0.4) is 0 Å². The summed E-state index contributed by atoms with van der Waals surface area (Å²) in [6.45, 7) is 1.44. The molecular formula is C14H16N2O2S2. The van der Waals surface area contributed by atoms with E-state index in [2.05, 4.69) is 0 Å². The molecule has 6 heteroatoms. The summed E-state index contributed by atoms with van der Waals surface area (Å²) in [5.41, 5.74) is 7.60. The van der Waals surface area contributed by atoms with Crippen LogP contribution in [0.5, 0.6) is 0 Å². The number of hydrogen-bond acceptors (Lipinski definition) is 4. The Morgan fingerprint density at radius 2 is 1.95 bits per heavy atom. The molecule has 0 atom stereocenters. The summed E-state index contributed by atoms with van der Waals surface area (Å²) < 4.78 is 26.8. The van der Waals surface area contributed by atoms with Crippen molar-refractivity contribution in [2.45, 2.75) is 24.4 Å². The van der Waals surface area contributed by atoms with Crippen LogP contribution < -0.4 is 5.73 Å². The lowest BCUT2D eigenvalue weighted by atomic mass is 10.1. The molecule has 0 saturated carbocycles. The van der Waals surface area contributed by atoms with Crippen molar-refractivity contribution in [3.8, 4) is 0 Å². The second kappa shape index (κ2) is 5.29. The van der Waals surface area contributed by atoms with Crippen molar-refractivity contribution < 1.29 is 8.42 Å². The van der Waals surface area contributed by atoms with Gasteiger partial charge < -0.3 is 5.73 Å². The van der Waals surface area contributed by atoms with Gasteiger partial charge in [-0.15, -0.1) is 11.3 Å². The van der Waals surface area contributed by atoms with Crippen LogP contribution in [-0.4, -0.2) is 19.3 Å². The van der Waals surface area contributed by atoms with E-state index >= 15 is 0 Å². The average Bonchev–Trinajstić information content (AvgIpc) is 2.94. The largest absolute Gasteiger partial charge is 0.326 e. The van der Waals surface area contributed by atoms with E-state index in [-0.39, 0.29) is 0 Å². The first-order chi connectivity index (χ1) is 9.61. The van der Waals surface area contributed by atoms with E-state index in [4.69, 9.17) is 5.73 Å². The maximum absolute atomic E-state index is 12.6. The van der Waals surface area contributed by atoms with E-state index < -0.39 is 10.0 Å². The summed E-state index contributed by atoms with van der Waals surface area (Å²) >= 11 is 1.70. The smallest absolute Gasteiger partial charge is 0.243 e. The van der Waals surface area contributed by atoms with Crippen molar-refractivity contribution in [2.75, 3.05) is 6.54 Å². The van der Waals surface area contributed by atoms with E-state index in [0.29, 0.717) is 24.5 Å². The minimum absolute atomic E-state index is 0.341. The van der Waals surface area contributed by atoms with E-state index in [1.807, 2.05) is 11.4 Å². The Kier molecular flexibility index (Phi) is 3.64. The maximum atomic E-state index is 12.6. The molecule has 2 aromatic rings. The Morgan fingerprint density at radius 1 is 1.20 bits per heavy atom. The Hall–Kier alpha value is -1.21. The quantitative estimate of drug-likeness (QED) is 0.942. The zero-order valence-electron chi connectivity index (χ0n) is 11.0. The number of benzene rings is 1. The fourth-order valence-electron chi connectivity index (χ4n) is 2.37. The first-order valence-electron chi connectivity index (χ1n) is 6.45. The molecule has 2 N–H and O–H groups in total. The summed E-state index contributed by atoms with van der Waals surface area (Å²) in [5, 5.41) is 2.02. The summed E-state index contributed by atoms with van der Waals surface area (Å²) in [4.78, 5) is 1.64. The molecule has 0 saturated heterocycles. The van der Waals surface area contributed by atoms with Crippen molar-refractivity contribution in [3.63, 3.8) is 0 Å². The van der Waals surface area contributed by atoms with Gasteiger partial charge in [-0.3, -0.25) is 0 Å². The number of hydrogen-bond donors (Lipinski definition) is 1. The Labute approximate surface area is 122 Å². The monoisotopic (exact) mass is 308 g/mol. The Morgan fingerprint density at radius 3 is 2.65 bits per heavy atom. The van der Waals surface area contributed by atoms with Gasteiger partial charge in [0.2, 0.25) is 10.0 Å². The highest BCUT2D eigenvalue weighted by Gasteiger charge is 2.28. The molecule has 1 aliphatic heterocycles. The van der Waals surface area contributed by atoms with Gasteiger partial charge in [0.15, 0.2) is 0 Å². The number of nitrogens with two attached hydrogens (primary N) is 1. The molecule has 0 spiro atoms. The van der Waals surface area contributed by atoms with Crippen molar-refractivity contribution in [1.82, 2.24) is 4.31 Å². The molecule has 106 valence electrons. The van der Waals surface area contributed by atoms with Gasteiger partial charge >= 0.3 is 0 Å². The number of thiophene rings is 1. The van der Waals surface area contributed by atoms with Gasteiger partial charge in [0.1, 0.15) is 0 Å². The topological polar surface area (TPSA) is 63.4 Å². The molecule has 20 heavy (non-hydrogen) atoms. The van der Waals surface area contributed by atoms with Crippen LogP contribution in [0.1, 0.15) is 16.0 Å². The first-order valence-corrected chi connectivity index (χ1v) is 8.77. The highest BCUT2D eigenvalue weighted by Crippen LogP contribution is 2.28. The number of sulfonamides is 1. The lowest BCUT2D eigenvalue weighted by molar-refractivity contribution is 0.394. The summed E-state index contributed by atoms with van der Waals surface area (Å²) in [6.07, 6.45) is 0.799. The summed E-state index contributed by atoms with van der Waals surface area (Å²) in [6, 6.07) is 8.83. The Bertz CT molecular complexity index is 705. The lowest BCUT2D eigenvalue weighted by Crippen LogP contribution is -2.35. The number of fused-ring (bicyclic) bond motifs is 1. The zero-order chi connectivity index (χ0) is 14.2. The fraction of sp³-hybridized carbons (Fsp3) is 0.286. The standard InChI is InChI=1S/C14H16N2O2S2/c15-9-11-1-3-13(4-2-11)20(17,18)16-7-5-14-12(10-16)6-8-19-14/h1-4,6,8H,5,7,9-10,15H2. The third kappa shape index (κ3) is 2.40. The third-order valence-electron chi connectivity index (χ3n) is 3.57. The summed E-state index contributed by atoms with van der Waals surface area (Å²) in [5.74, 6) is 0. The second-order valence-corrected chi connectivity index (χ2v) is 7.74. The molecule has 0 unspecified atom stereocenters. The zero-order valence-corrected chi connectivity index (χ0v) is 12.6. The maximum Gasteiger partial charge on any atom is 0.243 e. The normalized spacial score (nSPS) is 16.1. The van der Waals surface area contributed by atoms with Gasteiger partial charge in [0.25, 0.3) is 0 Å². The van der Waals surface area contributed by atoms with Crippen LogP contribution >= 0.6 is 11.3 Å². The SMILES string of the molecule is NCc1ccc(S(=O)(=O)N2CCc3sccc3C2)cc1. The van der Waals surface area contributed by atoms with Crippen molar-refractivity contribution in [2.24, 2.45) is 5.73 Å². The predicted molar refractivity (Wildman–Crippen MR) is 80.0 cm³/mol. The summed E-state index contributed by atoms with van der Waals surface area (Å²) in [7, 11) is -3.41. The predicted octanol–water partition coefficient (Wildman–Crippen LogP) is 1.95. The molecule has 2 heterocycles. The molecule has 0 bridgehead atoms. The minimum Gasteiger partial charge on any atom is -0.326 e. The molecule has 0 amide bonds. The van der Waals surface area contributed by atoms with Crippen LogP contribution in [0, 0.1) is 0 Å². The molecule has 1 aromatic heterocycles. The molecule has 1 aromatic carbocycles. The minimum atomic E-state index is -3.41. The van der Waals surface area contributed by atoms with Gasteiger partial charge in [0.05, 0.1) is 4.90 Å². The van der Waals surface area contributed by atoms with Crippen LogP contribution in [-0.2, 0) is 29.5 Å². The fourth-order valence-corrected chi connectivity index (χ4v) is 4.68. The number of nitrogens with zero attached hydrogens (tertiary/aromatic N) is 1. The van der Waals surface area contributed by atoms with Crippen LogP contribution in [0.15, 0.2) is 40.6 Å². The van der Waals surface area contributed by atoms with E-state index in [9.17, 15) is 8.42 Å². The molecular weight excluding hydrogens is 292 g/mol.